The first-order chi connectivity index (χ1) is 14.8. The molecule has 0 bridgehead atoms. The number of aliphatic hydroxyl groups excluding tert-OH is 1. The van der Waals surface area contributed by atoms with E-state index in [1.54, 1.807) is 45.9 Å². The van der Waals surface area contributed by atoms with Gasteiger partial charge in [-0.05, 0) is 19.3 Å². The Morgan fingerprint density at radius 1 is 1.03 bits per heavy atom. The van der Waals surface area contributed by atoms with Crippen molar-refractivity contribution in [3.63, 3.8) is 0 Å². The average Bonchev–Trinajstić information content (AvgIpc) is 2.93. The van der Waals surface area contributed by atoms with Crippen molar-refractivity contribution >= 4 is 23.4 Å². The van der Waals surface area contributed by atoms with Crippen molar-refractivity contribution < 1.29 is 34.1 Å². The molecule has 32 heavy (non-hydrogen) atoms. The van der Waals surface area contributed by atoms with Gasteiger partial charge in [-0.3, -0.25) is 19.3 Å². The Kier molecular flexibility index (Phi) is 4.71. The van der Waals surface area contributed by atoms with Crippen molar-refractivity contribution in [1.29, 1.82) is 0 Å². The van der Waals surface area contributed by atoms with E-state index < -0.39 is 62.6 Å². The first-order valence-electron chi connectivity index (χ1n) is 10.4. The Hall–Kier alpha value is -3.26. The third-order valence-corrected chi connectivity index (χ3v) is 6.17. The van der Waals surface area contributed by atoms with Crippen LogP contribution in [0.3, 0.4) is 0 Å². The van der Waals surface area contributed by atoms with Crippen LogP contribution in [0.5, 0.6) is 0 Å². The minimum atomic E-state index is -2.81. The number of esters is 1. The van der Waals surface area contributed by atoms with Gasteiger partial charge in [0, 0.05) is 18.4 Å². The molecule has 3 aliphatic rings. The highest BCUT2D eigenvalue weighted by Gasteiger charge is 2.65. The lowest BCUT2D eigenvalue weighted by Gasteiger charge is -2.41. The number of carbonyl (C=O) groups excluding carboxylic acids is 4. The first kappa shape index (κ1) is 22.0. The fourth-order valence-corrected chi connectivity index (χ4v) is 4.74. The number of benzene rings is 1. The fourth-order valence-electron chi connectivity index (χ4n) is 4.74. The van der Waals surface area contributed by atoms with E-state index in [4.69, 9.17) is 4.74 Å². The van der Waals surface area contributed by atoms with E-state index in [1.165, 1.54) is 12.1 Å². The molecule has 8 heteroatoms. The van der Waals surface area contributed by atoms with E-state index >= 15 is 0 Å². The van der Waals surface area contributed by atoms with Crippen LogP contribution in [0.15, 0.2) is 52.9 Å². The van der Waals surface area contributed by atoms with Crippen LogP contribution in [0.25, 0.3) is 0 Å². The van der Waals surface area contributed by atoms with Crippen LogP contribution in [0.1, 0.15) is 50.9 Å². The Morgan fingerprint density at radius 2 is 1.66 bits per heavy atom. The summed E-state index contributed by atoms with van der Waals surface area (Å²) < 4.78 is 5.22. The summed E-state index contributed by atoms with van der Waals surface area (Å²) in [6, 6.07) is 7.83. The van der Waals surface area contributed by atoms with Crippen LogP contribution in [-0.4, -0.2) is 56.3 Å². The van der Waals surface area contributed by atoms with Gasteiger partial charge in [0.05, 0.1) is 16.7 Å². The van der Waals surface area contributed by atoms with Crippen LogP contribution in [-0.2, 0) is 19.1 Å². The van der Waals surface area contributed by atoms with E-state index in [0.29, 0.717) is 0 Å². The van der Waals surface area contributed by atoms with E-state index in [2.05, 4.69) is 0 Å². The van der Waals surface area contributed by atoms with Gasteiger partial charge >= 0.3 is 5.97 Å². The van der Waals surface area contributed by atoms with Gasteiger partial charge in [-0.1, -0.05) is 44.2 Å². The maximum Gasteiger partial charge on any atom is 0.355 e. The number of carbonyl (C=O) groups is 4. The molecule has 0 saturated carbocycles. The Labute approximate surface area is 185 Å². The second-order valence-corrected chi connectivity index (χ2v) is 9.92. The molecule has 1 aliphatic carbocycles. The lowest BCUT2D eigenvalue weighted by molar-refractivity contribution is -0.162. The number of nitrogens with zero attached hydrogens (tertiary/aromatic N) is 1. The number of hydrogen-bond acceptors (Lipinski definition) is 7. The molecular weight excluding hydrogens is 414 g/mol. The van der Waals surface area contributed by atoms with Gasteiger partial charge in [-0.2, -0.15) is 0 Å². The van der Waals surface area contributed by atoms with Crippen molar-refractivity contribution in [2.75, 3.05) is 6.61 Å². The SMILES string of the molecule is CC1(C)CC(=O)C(C2(O)C(=O)N3C(=C2C(=O)c2ccccc2)C(=O)OCC3(C)C)=C(O)C1. The molecule has 8 nitrogen and oxygen atoms in total. The lowest BCUT2D eigenvalue weighted by atomic mass is 9.70. The van der Waals surface area contributed by atoms with Crippen molar-refractivity contribution in [3.8, 4) is 0 Å². The molecule has 1 amide bonds. The molecule has 2 N–H and O–H groups in total. The molecule has 1 unspecified atom stereocenters. The second kappa shape index (κ2) is 6.87. The second-order valence-electron chi connectivity index (χ2n) is 9.92. The largest absolute Gasteiger partial charge is 0.512 e. The lowest BCUT2D eigenvalue weighted by Crippen LogP contribution is -2.58. The van der Waals surface area contributed by atoms with Gasteiger partial charge in [-0.15, -0.1) is 0 Å². The number of ether oxygens (including phenoxy) is 1. The van der Waals surface area contributed by atoms with E-state index in [1.807, 2.05) is 0 Å². The van der Waals surface area contributed by atoms with Gasteiger partial charge in [-0.25, -0.2) is 4.79 Å². The number of aliphatic hydroxyl groups is 2. The first-order valence-corrected chi connectivity index (χ1v) is 10.4. The quantitative estimate of drug-likeness (QED) is 0.547. The third-order valence-electron chi connectivity index (χ3n) is 6.17. The van der Waals surface area contributed by atoms with E-state index in [0.717, 1.165) is 4.90 Å². The van der Waals surface area contributed by atoms with Crippen LogP contribution < -0.4 is 0 Å². The highest BCUT2D eigenvalue weighted by atomic mass is 16.5. The summed E-state index contributed by atoms with van der Waals surface area (Å²) >= 11 is 0. The van der Waals surface area contributed by atoms with Gasteiger partial charge in [0.15, 0.2) is 11.6 Å². The fraction of sp³-hybridized carbons (Fsp3) is 0.417. The zero-order chi connectivity index (χ0) is 23.6. The highest BCUT2D eigenvalue weighted by molar-refractivity contribution is 6.25. The molecule has 1 aromatic carbocycles. The highest BCUT2D eigenvalue weighted by Crippen LogP contribution is 2.49. The zero-order valence-electron chi connectivity index (χ0n) is 18.4. The summed E-state index contributed by atoms with van der Waals surface area (Å²) in [5, 5.41) is 22.6. The van der Waals surface area contributed by atoms with Crippen molar-refractivity contribution in [3.05, 3.63) is 58.5 Å². The number of ketones is 2. The third kappa shape index (κ3) is 3.01. The van der Waals surface area contributed by atoms with Crippen LogP contribution in [0, 0.1) is 5.41 Å². The molecule has 4 rings (SSSR count). The summed E-state index contributed by atoms with van der Waals surface area (Å²) in [7, 11) is 0. The average molecular weight is 439 g/mol. The van der Waals surface area contributed by atoms with Crippen LogP contribution >= 0.6 is 0 Å². The molecule has 0 radical (unpaired) electrons. The number of Topliss-reactive ketones (excluding diaryl/α,β-unsaturated/α-hetero) is 2. The summed E-state index contributed by atoms with van der Waals surface area (Å²) in [5.74, 6) is -3.89. The molecule has 1 atom stereocenters. The number of amides is 1. The standard InChI is InChI=1S/C24H25NO7/c1-22(2)10-14(26)16(15(27)11-22)24(31)17(19(28)13-8-6-5-7-9-13)18-20(29)32-12-23(3,4)25(18)21(24)30/h5-9,26,31H,10-12H2,1-4H3. The van der Waals surface area contributed by atoms with Gasteiger partial charge < -0.3 is 14.9 Å². The number of allylic oxidation sites excluding steroid dienone is 1. The number of fused-ring (bicyclic) bond motifs is 1. The minimum Gasteiger partial charge on any atom is -0.512 e. The number of morpholine rings is 1. The normalized spacial score (nSPS) is 26.9. The molecule has 0 aromatic heterocycles. The van der Waals surface area contributed by atoms with E-state index in [9.17, 15) is 29.4 Å². The molecule has 1 fully saturated rings. The Bertz CT molecular complexity index is 1130. The molecule has 2 aliphatic heterocycles. The number of hydrogen-bond donors (Lipinski definition) is 2. The van der Waals surface area contributed by atoms with Gasteiger partial charge in [0.2, 0.25) is 5.60 Å². The van der Waals surface area contributed by atoms with E-state index in [-0.39, 0.29) is 25.0 Å². The van der Waals surface area contributed by atoms with Gasteiger partial charge in [0.1, 0.15) is 18.1 Å². The molecule has 1 saturated heterocycles. The molecule has 0 spiro atoms. The smallest absolute Gasteiger partial charge is 0.355 e. The Balaban J connectivity index is 2.03. The topological polar surface area (TPSA) is 121 Å². The molecule has 1 aromatic rings. The maximum absolute atomic E-state index is 13.7. The van der Waals surface area contributed by atoms with Crippen molar-refractivity contribution in [2.24, 2.45) is 5.41 Å². The van der Waals surface area contributed by atoms with Gasteiger partial charge in [0.25, 0.3) is 5.91 Å². The Morgan fingerprint density at radius 3 is 2.25 bits per heavy atom. The zero-order valence-corrected chi connectivity index (χ0v) is 18.4. The van der Waals surface area contributed by atoms with Crippen molar-refractivity contribution in [1.82, 2.24) is 4.90 Å². The number of rotatable bonds is 3. The summed E-state index contributed by atoms with van der Waals surface area (Å²) in [6.45, 7) is 6.63. The monoisotopic (exact) mass is 439 g/mol. The minimum absolute atomic E-state index is 0.0274. The van der Waals surface area contributed by atoms with Crippen molar-refractivity contribution in [2.45, 2.75) is 51.7 Å². The summed E-state index contributed by atoms with van der Waals surface area (Å²) in [6.07, 6.45) is -0.0163. The number of cyclic esters (lactones) is 1. The summed E-state index contributed by atoms with van der Waals surface area (Å²) in [5.41, 5.74) is -5.89. The maximum atomic E-state index is 13.7. The van der Waals surface area contributed by atoms with Crippen LogP contribution in [0.4, 0.5) is 0 Å². The predicted molar refractivity (Wildman–Crippen MR) is 112 cm³/mol. The molecular formula is C24H25NO7. The predicted octanol–water partition coefficient (Wildman–Crippen LogP) is 2.23. The molecule has 2 heterocycles. The summed E-state index contributed by atoms with van der Waals surface area (Å²) in [4.78, 5) is 54.2. The van der Waals surface area contributed by atoms with Crippen LogP contribution in [0.2, 0.25) is 0 Å². The molecule has 168 valence electrons.